The minimum absolute atomic E-state index is 0.143. The van der Waals surface area contributed by atoms with Crippen molar-refractivity contribution >= 4 is 10.0 Å². The van der Waals surface area contributed by atoms with E-state index in [4.69, 9.17) is 5.14 Å². The van der Waals surface area contributed by atoms with E-state index in [1.54, 1.807) is 18.5 Å². The molecule has 0 spiro atoms. The lowest BCUT2D eigenvalue weighted by molar-refractivity contribution is 0.597. The first-order chi connectivity index (χ1) is 9.47. The van der Waals surface area contributed by atoms with Crippen LogP contribution in [0.25, 0.3) is 0 Å². The average Bonchev–Trinajstić information content (AvgIpc) is 2.80. The fourth-order valence-electron chi connectivity index (χ4n) is 1.85. The summed E-state index contributed by atoms with van der Waals surface area (Å²) < 4.78 is 24.2. The van der Waals surface area contributed by atoms with Crippen LogP contribution < -0.4 is 10.5 Å². The molecule has 1 aromatic carbocycles. The lowest BCUT2D eigenvalue weighted by Crippen LogP contribution is -2.18. The number of nitrogens with zero attached hydrogens (tertiary/aromatic N) is 2. The van der Waals surface area contributed by atoms with E-state index >= 15 is 0 Å². The van der Waals surface area contributed by atoms with Gasteiger partial charge in [-0.15, -0.1) is 0 Å². The lowest BCUT2D eigenvalue weighted by Gasteiger charge is -2.06. The molecule has 108 valence electrons. The predicted molar refractivity (Wildman–Crippen MR) is 76.4 cm³/mol. The van der Waals surface area contributed by atoms with Gasteiger partial charge in [-0.3, -0.25) is 0 Å². The number of primary sulfonamides is 1. The second-order valence-electron chi connectivity index (χ2n) is 4.61. The van der Waals surface area contributed by atoms with Gasteiger partial charge in [0.2, 0.25) is 10.0 Å². The molecule has 3 N–H and O–H groups in total. The molecule has 0 saturated heterocycles. The molecule has 0 amide bonds. The molecule has 0 unspecified atom stereocenters. The summed E-state index contributed by atoms with van der Waals surface area (Å²) in [6, 6.07) is 6.63. The maximum absolute atomic E-state index is 11.1. The number of aryl methyl sites for hydroxylation is 1. The summed E-state index contributed by atoms with van der Waals surface area (Å²) in [4.78, 5) is 4.19. The van der Waals surface area contributed by atoms with Crippen molar-refractivity contribution in [2.75, 3.05) is 6.54 Å². The third-order valence-electron chi connectivity index (χ3n) is 3.06. The van der Waals surface area contributed by atoms with Crippen LogP contribution in [0.5, 0.6) is 0 Å². The van der Waals surface area contributed by atoms with Crippen LogP contribution in [0, 0.1) is 0 Å². The summed E-state index contributed by atoms with van der Waals surface area (Å²) in [6.07, 6.45) is 4.42. The highest BCUT2D eigenvalue weighted by atomic mass is 32.2. The molecule has 0 radical (unpaired) electrons. The molecule has 2 rings (SSSR count). The molecule has 1 heterocycles. The highest BCUT2D eigenvalue weighted by Crippen LogP contribution is 2.09. The zero-order valence-electron chi connectivity index (χ0n) is 11.3. The first-order valence-corrected chi connectivity index (χ1v) is 7.79. The Labute approximate surface area is 118 Å². The normalized spacial score (nSPS) is 11.7. The molecule has 7 heteroatoms. The number of sulfonamides is 1. The van der Waals surface area contributed by atoms with E-state index in [1.807, 2.05) is 17.8 Å². The molecule has 20 heavy (non-hydrogen) atoms. The molecule has 1 aromatic heterocycles. The lowest BCUT2D eigenvalue weighted by atomic mass is 10.1. The molecular weight excluding hydrogens is 276 g/mol. The third-order valence-corrected chi connectivity index (χ3v) is 3.99. The quantitative estimate of drug-likeness (QED) is 0.755. The van der Waals surface area contributed by atoms with Crippen molar-refractivity contribution in [3.8, 4) is 0 Å². The van der Waals surface area contributed by atoms with Crippen LogP contribution >= 0.6 is 0 Å². The minimum Gasteiger partial charge on any atom is -0.337 e. The first kappa shape index (κ1) is 14.7. The minimum atomic E-state index is -3.60. The van der Waals surface area contributed by atoms with Gasteiger partial charge in [-0.2, -0.15) is 0 Å². The molecule has 2 aromatic rings. The number of nitrogens with one attached hydrogen (secondary N) is 1. The van der Waals surface area contributed by atoms with Crippen molar-refractivity contribution in [3.05, 3.63) is 48.0 Å². The van der Waals surface area contributed by atoms with Crippen LogP contribution in [0.4, 0.5) is 0 Å². The largest absolute Gasteiger partial charge is 0.337 e. The van der Waals surface area contributed by atoms with Crippen molar-refractivity contribution in [3.63, 3.8) is 0 Å². The maximum Gasteiger partial charge on any atom is 0.238 e. The van der Waals surface area contributed by atoms with Crippen molar-refractivity contribution in [1.82, 2.24) is 14.9 Å². The van der Waals surface area contributed by atoms with Gasteiger partial charge in [-0.1, -0.05) is 12.1 Å². The molecular formula is C13H18N4O2S. The van der Waals surface area contributed by atoms with E-state index in [-0.39, 0.29) is 4.90 Å². The van der Waals surface area contributed by atoms with Crippen LogP contribution in [0.2, 0.25) is 0 Å². The summed E-state index contributed by atoms with van der Waals surface area (Å²) >= 11 is 0. The summed E-state index contributed by atoms with van der Waals surface area (Å²) in [5.41, 5.74) is 2.18. The molecule has 0 bridgehead atoms. The Morgan fingerprint density at radius 3 is 2.55 bits per heavy atom. The summed E-state index contributed by atoms with van der Waals surface area (Å²) in [7, 11) is -1.65. The predicted octanol–water partition coefficient (Wildman–Crippen LogP) is 0.400. The Morgan fingerprint density at radius 1 is 1.30 bits per heavy atom. The second kappa shape index (κ2) is 6.17. The monoisotopic (exact) mass is 294 g/mol. The van der Waals surface area contributed by atoms with E-state index in [0.29, 0.717) is 0 Å². The van der Waals surface area contributed by atoms with Crippen LogP contribution in [0.15, 0.2) is 41.7 Å². The van der Waals surface area contributed by atoms with Gasteiger partial charge in [0.15, 0.2) is 0 Å². The smallest absolute Gasteiger partial charge is 0.238 e. The standard InChI is InChI=1S/C13H18N4O2S/c1-17-10-16-9-12(17)8-15-7-6-11-2-4-13(5-3-11)20(14,18)19/h2-5,9-10,15H,6-8H2,1H3,(H2,14,18,19). The number of imidazole rings is 1. The van der Waals surface area contributed by atoms with E-state index in [0.717, 1.165) is 30.8 Å². The van der Waals surface area contributed by atoms with E-state index in [9.17, 15) is 8.42 Å². The highest BCUT2D eigenvalue weighted by molar-refractivity contribution is 7.89. The van der Waals surface area contributed by atoms with Gasteiger partial charge in [-0.25, -0.2) is 18.5 Å². The number of hydrogen-bond donors (Lipinski definition) is 2. The van der Waals surface area contributed by atoms with Gasteiger partial charge in [-0.05, 0) is 30.7 Å². The topological polar surface area (TPSA) is 90.0 Å². The molecule has 6 nitrogen and oxygen atoms in total. The zero-order valence-corrected chi connectivity index (χ0v) is 12.1. The number of rotatable bonds is 6. The first-order valence-electron chi connectivity index (χ1n) is 6.24. The van der Waals surface area contributed by atoms with Crippen LogP contribution in [-0.2, 0) is 30.0 Å². The maximum atomic E-state index is 11.1. The fraction of sp³-hybridized carbons (Fsp3) is 0.308. The molecule has 0 aliphatic carbocycles. The highest BCUT2D eigenvalue weighted by Gasteiger charge is 2.06. The molecule has 0 aliphatic rings. The zero-order chi connectivity index (χ0) is 14.6. The van der Waals surface area contributed by atoms with Crippen LogP contribution in [0.3, 0.4) is 0 Å². The van der Waals surface area contributed by atoms with Gasteiger partial charge >= 0.3 is 0 Å². The van der Waals surface area contributed by atoms with Crippen molar-refractivity contribution in [1.29, 1.82) is 0 Å². The Balaban J connectivity index is 1.81. The average molecular weight is 294 g/mol. The SMILES string of the molecule is Cn1cncc1CNCCc1ccc(S(N)(=O)=O)cc1. The van der Waals surface area contributed by atoms with Crippen molar-refractivity contribution < 1.29 is 8.42 Å². The van der Waals surface area contributed by atoms with Gasteiger partial charge in [0, 0.05) is 19.8 Å². The number of benzene rings is 1. The summed E-state index contributed by atoms with van der Waals surface area (Å²) in [5, 5.41) is 8.37. The van der Waals surface area contributed by atoms with Gasteiger partial charge in [0.05, 0.1) is 16.9 Å². The van der Waals surface area contributed by atoms with Gasteiger partial charge in [0.25, 0.3) is 0 Å². The van der Waals surface area contributed by atoms with E-state index in [2.05, 4.69) is 10.3 Å². The fourth-order valence-corrected chi connectivity index (χ4v) is 2.37. The number of aromatic nitrogens is 2. The molecule has 0 fully saturated rings. The van der Waals surface area contributed by atoms with Crippen LogP contribution in [0.1, 0.15) is 11.3 Å². The number of nitrogens with two attached hydrogens (primary N) is 1. The second-order valence-corrected chi connectivity index (χ2v) is 6.17. The molecule has 0 saturated carbocycles. The van der Waals surface area contributed by atoms with Crippen molar-refractivity contribution in [2.45, 2.75) is 17.9 Å². The summed E-state index contributed by atoms with van der Waals surface area (Å²) in [6.45, 7) is 1.56. The van der Waals surface area contributed by atoms with Gasteiger partial charge < -0.3 is 9.88 Å². The van der Waals surface area contributed by atoms with E-state index < -0.39 is 10.0 Å². The third kappa shape index (κ3) is 3.89. The summed E-state index contributed by atoms with van der Waals surface area (Å²) in [5.74, 6) is 0. The Kier molecular flexibility index (Phi) is 4.53. The van der Waals surface area contributed by atoms with E-state index in [1.165, 1.54) is 12.1 Å². The number of hydrogen-bond acceptors (Lipinski definition) is 4. The molecule has 0 atom stereocenters. The Morgan fingerprint density at radius 2 is 2.00 bits per heavy atom. The Bertz CT molecular complexity index is 662. The van der Waals surface area contributed by atoms with Crippen LogP contribution in [-0.4, -0.2) is 24.5 Å². The van der Waals surface area contributed by atoms with Gasteiger partial charge in [0.1, 0.15) is 0 Å². The molecule has 0 aliphatic heterocycles. The Hall–Kier alpha value is -1.70. The van der Waals surface area contributed by atoms with Crippen molar-refractivity contribution in [2.24, 2.45) is 12.2 Å².